The second kappa shape index (κ2) is 13.0. The van der Waals surface area contributed by atoms with Gasteiger partial charge in [-0.05, 0) is 48.6 Å². The van der Waals surface area contributed by atoms with E-state index < -0.39 is 5.97 Å². The van der Waals surface area contributed by atoms with Crippen LogP contribution in [-0.4, -0.2) is 17.6 Å². The summed E-state index contributed by atoms with van der Waals surface area (Å²) in [6, 6.07) is 15.6. The molecule has 150 valence electrons. The summed E-state index contributed by atoms with van der Waals surface area (Å²) in [7, 11) is 0. The summed E-state index contributed by atoms with van der Waals surface area (Å²) in [5.41, 5.74) is 2.98. The first kappa shape index (κ1) is 22.0. The summed E-state index contributed by atoms with van der Waals surface area (Å²) in [6.07, 6.45) is 12.9. The molecule has 3 nitrogen and oxygen atoms in total. The van der Waals surface area contributed by atoms with Gasteiger partial charge in [-0.2, -0.15) is 0 Å². The number of benzene rings is 2. The Labute approximate surface area is 173 Å². The lowest BCUT2D eigenvalue weighted by Crippen LogP contribution is -2.03. The Balaban J connectivity index is 1.45. The number of carbonyl (C=O) groups is 1. The molecule has 0 saturated carbocycles. The zero-order valence-electron chi connectivity index (χ0n) is 16.4. The van der Waals surface area contributed by atoms with Gasteiger partial charge in [0.1, 0.15) is 0 Å². The van der Waals surface area contributed by atoms with Crippen molar-refractivity contribution in [1.82, 2.24) is 0 Å². The highest BCUT2D eigenvalue weighted by molar-refractivity contribution is 6.32. The average molecular weight is 400 g/mol. The molecule has 0 heterocycles. The number of unbranched alkanes of at least 4 members (excludes halogenated alkanes) is 6. The number of carboxylic acids is 1. The van der Waals surface area contributed by atoms with Crippen molar-refractivity contribution < 1.29 is 9.90 Å². The summed E-state index contributed by atoms with van der Waals surface area (Å²) in [4.78, 5) is 10.7. The van der Waals surface area contributed by atoms with E-state index >= 15 is 0 Å². The molecule has 0 fully saturated rings. The fraction of sp³-hybridized carbons (Fsp3) is 0.375. The molecule has 0 bridgehead atoms. The molecule has 2 aromatic rings. The van der Waals surface area contributed by atoms with Crippen LogP contribution < -0.4 is 5.32 Å². The highest BCUT2D eigenvalue weighted by Crippen LogP contribution is 2.17. The van der Waals surface area contributed by atoms with Gasteiger partial charge in [0.2, 0.25) is 0 Å². The smallest absolute Gasteiger partial charge is 0.307 e. The van der Waals surface area contributed by atoms with Gasteiger partial charge in [-0.3, -0.25) is 4.79 Å². The first-order valence-electron chi connectivity index (χ1n) is 10.1. The van der Waals surface area contributed by atoms with Gasteiger partial charge in [0, 0.05) is 17.3 Å². The topological polar surface area (TPSA) is 49.3 Å². The Morgan fingerprint density at radius 3 is 2.32 bits per heavy atom. The summed E-state index contributed by atoms with van der Waals surface area (Å²) in [5.74, 6) is -0.794. The molecule has 2 aromatic carbocycles. The van der Waals surface area contributed by atoms with E-state index in [0.717, 1.165) is 41.2 Å². The molecule has 0 amide bonds. The van der Waals surface area contributed by atoms with Gasteiger partial charge >= 0.3 is 5.97 Å². The van der Waals surface area contributed by atoms with E-state index in [2.05, 4.69) is 17.5 Å². The molecule has 2 N–H and O–H groups in total. The Kier molecular flexibility index (Phi) is 10.2. The number of aliphatic carboxylic acids is 1. The number of carboxylic acid groups (broad SMARTS) is 1. The lowest BCUT2D eigenvalue weighted by atomic mass is 10.1. The highest BCUT2D eigenvalue weighted by Gasteiger charge is 2.00. The van der Waals surface area contributed by atoms with E-state index in [1.54, 1.807) is 0 Å². The van der Waals surface area contributed by atoms with Gasteiger partial charge in [0.15, 0.2) is 0 Å². The number of rotatable bonds is 13. The maximum absolute atomic E-state index is 10.7. The Bertz CT molecular complexity index is 741. The van der Waals surface area contributed by atoms with Crippen molar-refractivity contribution in [2.24, 2.45) is 0 Å². The van der Waals surface area contributed by atoms with Crippen molar-refractivity contribution in [3.8, 4) is 0 Å². The van der Waals surface area contributed by atoms with Crippen molar-refractivity contribution >= 4 is 29.3 Å². The molecule has 0 aliphatic heterocycles. The van der Waals surface area contributed by atoms with E-state index in [1.807, 2.05) is 48.5 Å². The van der Waals surface area contributed by atoms with E-state index in [0.29, 0.717) is 0 Å². The fourth-order valence-corrected chi connectivity index (χ4v) is 3.26. The second-order valence-electron chi connectivity index (χ2n) is 7.03. The predicted molar refractivity (Wildman–Crippen MR) is 119 cm³/mol. The van der Waals surface area contributed by atoms with E-state index in [9.17, 15) is 4.79 Å². The van der Waals surface area contributed by atoms with Crippen LogP contribution in [0.5, 0.6) is 0 Å². The zero-order chi connectivity index (χ0) is 20.0. The van der Waals surface area contributed by atoms with Crippen molar-refractivity contribution in [2.45, 2.75) is 51.4 Å². The third-order valence-electron chi connectivity index (χ3n) is 4.64. The SMILES string of the molecule is O=C(O)Cc1ccc(NCCCCCCCC/C=C/c2ccccc2Cl)cc1. The van der Waals surface area contributed by atoms with Crippen LogP contribution in [0.15, 0.2) is 54.6 Å². The van der Waals surface area contributed by atoms with E-state index in [4.69, 9.17) is 16.7 Å². The molecule has 0 aromatic heterocycles. The second-order valence-corrected chi connectivity index (χ2v) is 7.44. The highest BCUT2D eigenvalue weighted by atomic mass is 35.5. The lowest BCUT2D eigenvalue weighted by molar-refractivity contribution is -0.136. The Morgan fingerprint density at radius 2 is 1.61 bits per heavy atom. The minimum Gasteiger partial charge on any atom is -0.481 e. The monoisotopic (exact) mass is 399 g/mol. The largest absolute Gasteiger partial charge is 0.481 e. The van der Waals surface area contributed by atoms with Gasteiger partial charge in [-0.1, -0.05) is 79.8 Å². The van der Waals surface area contributed by atoms with E-state index in [-0.39, 0.29) is 6.42 Å². The van der Waals surface area contributed by atoms with Gasteiger partial charge in [-0.25, -0.2) is 0 Å². The van der Waals surface area contributed by atoms with Crippen LogP contribution in [0.2, 0.25) is 5.02 Å². The standard InChI is InChI=1S/C24H30ClNO2/c25-23-13-9-8-12-21(23)11-7-5-3-1-2-4-6-10-18-26-22-16-14-20(15-17-22)19-24(27)28/h7-9,11-17,26H,1-6,10,18-19H2,(H,27,28)/b11-7+. The number of anilines is 1. The number of hydrogen-bond donors (Lipinski definition) is 2. The summed E-state index contributed by atoms with van der Waals surface area (Å²) in [6.45, 7) is 0.957. The van der Waals surface area contributed by atoms with Crippen LogP contribution in [0.25, 0.3) is 6.08 Å². The average Bonchev–Trinajstić information content (AvgIpc) is 2.68. The molecule has 0 atom stereocenters. The van der Waals surface area contributed by atoms with E-state index in [1.165, 1.54) is 32.1 Å². The first-order valence-corrected chi connectivity index (χ1v) is 10.5. The molecular formula is C24H30ClNO2. The van der Waals surface area contributed by atoms with Gasteiger partial charge in [0.25, 0.3) is 0 Å². The van der Waals surface area contributed by atoms with Crippen molar-refractivity contribution in [3.63, 3.8) is 0 Å². The molecular weight excluding hydrogens is 370 g/mol. The normalized spacial score (nSPS) is 11.0. The fourth-order valence-electron chi connectivity index (χ4n) is 3.06. The van der Waals surface area contributed by atoms with Gasteiger partial charge in [-0.15, -0.1) is 0 Å². The third kappa shape index (κ3) is 9.09. The molecule has 0 radical (unpaired) electrons. The summed E-state index contributed by atoms with van der Waals surface area (Å²) >= 11 is 6.13. The molecule has 0 spiro atoms. The minimum atomic E-state index is -0.794. The zero-order valence-corrected chi connectivity index (χ0v) is 17.1. The quantitative estimate of drug-likeness (QED) is 0.363. The molecule has 0 aliphatic rings. The van der Waals surface area contributed by atoms with Crippen LogP contribution in [0.3, 0.4) is 0 Å². The molecule has 0 aliphatic carbocycles. The third-order valence-corrected chi connectivity index (χ3v) is 4.98. The molecule has 4 heteroatoms. The number of allylic oxidation sites excluding steroid dienone is 1. The Hall–Kier alpha value is -2.26. The van der Waals surface area contributed by atoms with Crippen LogP contribution in [0, 0.1) is 0 Å². The van der Waals surface area contributed by atoms with Crippen molar-refractivity contribution in [2.75, 3.05) is 11.9 Å². The van der Waals surface area contributed by atoms with Crippen LogP contribution >= 0.6 is 11.6 Å². The molecule has 2 rings (SSSR count). The molecule has 0 unspecified atom stereocenters. The minimum absolute atomic E-state index is 0.0794. The molecule has 0 saturated heterocycles. The summed E-state index contributed by atoms with van der Waals surface area (Å²) < 4.78 is 0. The van der Waals surface area contributed by atoms with Gasteiger partial charge in [0.05, 0.1) is 6.42 Å². The summed E-state index contributed by atoms with van der Waals surface area (Å²) in [5, 5.41) is 13.0. The van der Waals surface area contributed by atoms with Crippen LogP contribution in [0.1, 0.15) is 56.1 Å². The van der Waals surface area contributed by atoms with Crippen molar-refractivity contribution in [3.05, 3.63) is 70.8 Å². The van der Waals surface area contributed by atoms with Crippen LogP contribution in [-0.2, 0) is 11.2 Å². The van der Waals surface area contributed by atoms with Crippen LogP contribution in [0.4, 0.5) is 5.69 Å². The Morgan fingerprint density at radius 1 is 0.929 bits per heavy atom. The van der Waals surface area contributed by atoms with Crippen molar-refractivity contribution in [1.29, 1.82) is 0 Å². The van der Waals surface area contributed by atoms with Gasteiger partial charge < -0.3 is 10.4 Å². The maximum atomic E-state index is 10.7. The molecule has 28 heavy (non-hydrogen) atoms. The first-order chi connectivity index (χ1) is 13.6. The number of halogens is 1. The lowest BCUT2D eigenvalue weighted by Gasteiger charge is -2.07. The number of nitrogens with one attached hydrogen (secondary N) is 1. The maximum Gasteiger partial charge on any atom is 0.307 e. The predicted octanol–water partition coefficient (Wildman–Crippen LogP) is 6.82. The number of hydrogen-bond acceptors (Lipinski definition) is 2.